The van der Waals surface area contributed by atoms with Gasteiger partial charge < -0.3 is 10.6 Å². The number of hydrogen-bond donors (Lipinski definition) is 2. The average Bonchev–Trinajstić information content (AvgIpc) is 2.80. The molecule has 2 N–H and O–H groups in total. The molecule has 31 heavy (non-hydrogen) atoms. The van der Waals surface area contributed by atoms with Gasteiger partial charge in [-0.15, -0.1) is 0 Å². The lowest BCUT2D eigenvalue weighted by Crippen LogP contribution is -2.12. The zero-order chi connectivity index (χ0) is 21.6. The first-order chi connectivity index (χ1) is 15.1. The first kappa shape index (κ1) is 20.2. The Morgan fingerprint density at radius 1 is 0.903 bits per heavy atom. The summed E-state index contributed by atoms with van der Waals surface area (Å²) >= 11 is 0. The van der Waals surface area contributed by atoms with Crippen molar-refractivity contribution in [3.8, 4) is 11.3 Å². The van der Waals surface area contributed by atoms with Gasteiger partial charge in [0.15, 0.2) is 0 Å². The van der Waals surface area contributed by atoms with Crippen molar-refractivity contribution in [2.45, 2.75) is 13.3 Å². The molecule has 1 heterocycles. The summed E-state index contributed by atoms with van der Waals surface area (Å²) in [5.41, 5.74) is 4.67. The lowest BCUT2D eigenvalue weighted by molar-refractivity contribution is 0.102. The first-order valence-electron chi connectivity index (χ1n) is 9.96. The highest BCUT2D eigenvalue weighted by atomic mass is 19.1. The number of nitrogens with zero attached hydrogens (tertiary/aromatic N) is 2. The zero-order valence-corrected chi connectivity index (χ0v) is 17.0. The molecular weight excluding hydrogens is 391 g/mol. The van der Waals surface area contributed by atoms with E-state index in [0.717, 1.165) is 23.4 Å². The molecule has 0 spiro atoms. The molecule has 0 fully saturated rings. The van der Waals surface area contributed by atoms with Crippen LogP contribution in [0.15, 0.2) is 85.2 Å². The number of benzene rings is 3. The van der Waals surface area contributed by atoms with Crippen LogP contribution in [0.25, 0.3) is 11.3 Å². The highest BCUT2D eigenvalue weighted by Gasteiger charge is 2.08. The Morgan fingerprint density at radius 3 is 2.42 bits per heavy atom. The van der Waals surface area contributed by atoms with Crippen LogP contribution in [0.5, 0.6) is 0 Å². The van der Waals surface area contributed by atoms with Crippen LogP contribution in [0.2, 0.25) is 0 Å². The minimum absolute atomic E-state index is 0.192. The summed E-state index contributed by atoms with van der Waals surface area (Å²) in [5, 5.41) is 6.11. The molecule has 1 amide bonds. The van der Waals surface area contributed by atoms with Crippen molar-refractivity contribution >= 4 is 23.1 Å². The molecule has 1 aromatic heterocycles. The van der Waals surface area contributed by atoms with Crippen LogP contribution in [0.1, 0.15) is 22.8 Å². The fraction of sp³-hybridized carbons (Fsp3) is 0.0800. The summed E-state index contributed by atoms with van der Waals surface area (Å²) in [7, 11) is 0. The van der Waals surface area contributed by atoms with Gasteiger partial charge in [0.1, 0.15) is 18.0 Å². The average molecular weight is 412 g/mol. The monoisotopic (exact) mass is 412 g/mol. The zero-order valence-electron chi connectivity index (χ0n) is 17.0. The summed E-state index contributed by atoms with van der Waals surface area (Å²) in [6.45, 7) is 2.09. The molecule has 0 saturated heterocycles. The standard InChI is InChI=1S/C25H21FN4O/c1-2-17-6-12-21(13-7-17)30-25(31)19-4-3-5-22(14-19)29-24-15-23(27-16-28-24)18-8-10-20(26)11-9-18/h3-16H,2H2,1H3,(H,30,31)(H,27,28,29). The van der Waals surface area contributed by atoms with Gasteiger partial charge in [0.2, 0.25) is 0 Å². The van der Waals surface area contributed by atoms with Crippen molar-refractivity contribution in [1.82, 2.24) is 9.97 Å². The lowest BCUT2D eigenvalue weighted by atomic mass is 10.1. The Kier molecular flexibility index (Phi) is 5.98. The maximum Gasteiger partial charge on any atom is 0.255 e. The summed E-state index contributed by atoms with van der Waals surface area (Å²) in [4.78, 5) is 21.1. The van der Waals surface area contributed by atoms with E-state index in [4.69, 9.17) is 0 Å². The van der Waals surface area contributed by atoms with E-state index in [1.807, 2.05) is 30.3 Å². The topological polar surface area (TPSA) is 66.9 Å². The predicted octanol–water partition coefficient (Wildman–Crippen LogP) is 5.84. The highest BCUT2D eigenvalue weighted by molar-refractivity contribution is 6.04. The largest absolute Gasteiger partial charge is 0.340 e. The van der Waals surface area contributed by atoms with Crippen molar-refractivity contribution in [3.63, 3.8) is 0 Å². The van der Waals surface area contributed by atoms with Crippen molar-refractivity contribution < 1.29 is 9.18 Å². The number of hydrogen-bond acceptors (Lipinski definition) is 4. The molecule has 0 radical (unpaired) electrons. The molecule has 0 bridgehead atoms. The molecule has 4 aromatic rings. The summed E-state index contributed by atoms with van der Waals surface area (Å²) < 4.78 is 13.2. The molecule has 4 rings (SSSR count). The molecule has 3 aromatic carbocycles. The molecule has 0 saturated carbocycles. The second-order valence-electron chi connectivity index (χ2n) is 7.01. The molecular formula is C25H21FN4O. The Bertz CT molecular complexity index is 1190. The SMILES string of the molecule is CCc1ccc(NC(=O)c2cccc(Nc3cc(-c4ccc(F)cc4)ncn3)c2)cc1. The Labute approximate surface area is 180 Å². The molecule has 0 aliphatic carbocycles. The van der Waals surface area contributed by atoms with Gasteiger partial charge in [0, 0.05) is 28.6 Å². The Hall–Kier alpha value is -4.06. The number of amides is 1. The van der Waals surface area contributed by atoms with Gasteiger partial charge in [-0.1, -0.05) is 25.1 Å². The van der Waals surface area contributed by atoms with Crippen LogP contribution in [0.4, 0.5) is 21.6 Å². The Morgan fingerprint density at radius 2 is 1.68 bits per heavy atom. The van der Waals surface area contributed by atoms with Gasteiger partial charge >= 0.3 is 0 Å². The number of aromatic nitrogens is 2. The maximum atomic E-state index is 13.2. The number of halogens is 1. The minimum atomic E-state index is -0.299. The van der Waals surface area contributed by atoms with Gasteiger partial charge in [0.05, 0.1) is 5.69 Å². The van der Waals surface area contributed by atoms with Gasteiger partial charge in [-0.2, -0.15) is 0 Å². The van der Waals surface area contributed by atoms with E-state index in [1.54, 1.807) is 36.4 Å². The number of rotatable bonds is 6. The quantitative estimate of drug-likeness (QED) is 0.417. The first-order valence-corrected chi connectivity index (χ1v) is 9.96. The van der Waals surface area contributed by atoms with Crippen LogP contribution in [0, 0.1) is 5.82 Å². The highest BCUT2D eigenvalue weighted by Crippen LogP contribution is 2.22. The number of aryl methyl sites for hydroxylation is 1. The normalized spacial score (nSPS) is 10.5. The van der Waals surface area contributed by atoms with E-state index in [0.29, 0.717) is 17.1 Å². The predicted molar refractivity (Wildman–Crippen MR) is 121 cm³/mol. The fourth-order valence-corrected chi connectivity index (χ4v) is 3.12. The van der Waals surface area contributed by atoms with E-state index in [1.165, 1.54) is 24.0 Å². The van der Waals surface area contributed by atoms with E-state index >= 15 is 0 Å². The third-order valence-corrected chi connectivity index (χ3v) is 4.82. The fourth-order valence-electron chi connectivity index (χ4n) is 3.12. The van der Waals surface area contributed by atoms with Crippen LogP contribution in [-0.4, -0.2) is 15.9 Å². The lowest BCUT2D eigenvalue weighted by Gasteiger charge is -2.10. The summed E-state index contributed by atoms with van der Waals surface area (Å²) in [6.07, 6.45) is 2.39. The van der Waals surface area contributed by atoms with E-state index in [2.05, 4.69) is 27.5 Å². The molecule has 154 valence electrons. The molecule has 6 heteroatoms. The number of nitrogens with one attached hydrogen (secondary N) is 2. The van der Waals surface area contributed by atoms with Gasteiger partial charge in [0.25, 0.3) is 5.91 Å². The van der Waals surface area contributed by atoms with Crippen molar-refractivity contribution in [2.24, 2.45) is 0 Å². The van der Waals surface area contributed by atoms with E-state index < -0.39 is 0 Å². The summed E-state index contributed by atoms with van der Waals surface area (Å²) in [6, 6.07) is 22.9. The number of carbonyl (C=O) groups is 1. The molecule has 0 aliphatic heterocycles. The van der Waals surface area contributed by atoms with Gasteiger partial charge in [-0.05, 0) is 66.6 Å². The molecule has 0 unspecified atom stereocenters. The second kappa shape index (κ2) is 9.17. The maximum absolute atomic E-state index is 13.2. The number of anilines is 3. The Balaban J connectivity index is 1.48. The van der Waals surface area contributed by atoms with Crippen LogP contribution < -0.4 is 10.6 Å². The van der Waals surface area contributed by atoms with Crippen molar-refractivity contribution in [3.05, 3.63) is 102 Å². The van der Waals surface area contributed by atoms with Crippen LogP contribution in [0.3, 0.4) is 0 Å². The van der Waals surface area contributed by atoms with Crippen LogP contribution in [-0.2, 0) is 6.42 Å². The van der Waals surface area contributed by atoms with E-state index in [-0.39, 0.29) is 11.7 Å². The number of carbonyl (C=O) groups excluding carboxylic acids is 1. The smallest absolute Gasteiger partial charge is 0.255 e. The second-order valence-corrected chi connectivity index (χ2v) is 7.01. The van der Waals surface area contributed by atoms with E-state index in [9.17, 15) is 9.18 Å². The van der Waals surface area contributed by atoms with Crippen molar-refractivity contribution in [2.75, 3.05) is 10.6 Å². The summed E-state index contributed by atoms with van der Waals surface area (Å²) in [5.74, 6) is 0.0807. The van der Waals surface area contributed by atoms with Gasteiger partial charge in [-0.25, -0.2) is 14.4 Å². The molecule has 0 atom stereocenters. The van der Waals surface area contributed by atoms with Crippen molar-refractivity contribution in [1.29, 1.82) is 0 Å². The third kappa shape index (κ3) is 5.11. The van der Waals surface area contributed by atoms with Crippen LogP contribution >= 0.6 is 0 Å². The van der Waals surface area contributed by atoms with Gasteiger partial charge in [-0.3, -0.25) is 4.79 Å². The minimum Gasteiger partial charge on any atom is -0.340 e. The molecule has 0 aliphatic rings. The molecule has 5 nitrogen and oxygen atoms in total. The third-order valence-electron chi connectivity index (χ3n) is 4.82.